The minimum Gasteiger partial charge on any atom is -0.389 e. The van der Waals surface area contributed by atoms with Crippen molar-refractivity contribution in [2.45, 2.75) is 25.8 Å². The van der Waals surface area contributed by atoms with Crippen LogP contribution in [-0.2, 0) is 4.74 Å². The molecule has 100 valence electrons. The average Bonchev–Trinajstić information content (AvgIpc) is 2.29. The molecule has 0 aliphatic heterocycles. The van der Waals surface area contributed by atoms with Crippen molar-refractivity contribution in [3.05, 3.63) is 28.8 Å². The van der Waals surface area contributed by atoms with Gasteiger partial charge in [0.1, 0.15) is 4.99 Å². The summed E-state index contributed by atoms with van der Waals surface area (Å²) in [6.45, 7) is 2.77. The van der Waals surface area contributed by atoms with Crippen LogP contribution in [0, 0.1) is 0 Å². The molecule has 1 aromatic carbocycles. The number of methoxy groups -OCH3 is 1. The van der Waals surface area contributed by atoms with E-state index in [1.165, 1.54) is 0 Å². The Balaban J connectivity index is 2.92. The summed E-state index contributed by atoms with van der Waals surface area (Å²) in [6.07, 6.45) is 2.08. The Morgan fingerprint density at radius 1 is 1.56 bits per heavy atom. The maximum atomic E-state index is 6.00. The third-order valence-corrected chi connectivity index (χ3v) is 3.07. The summed E-state index contributed by atoms with van der Waals surface area (Å²) in [5, 5.41) is 4.05. The maximum Gasteiger partial charge on any atom is 0.106 e. The molecule has 18 heavy (non-hydrogen) atoms. The summed E-state index contributed by atoms with van der Waals surface area (Å²) in [7, 11) is 1.69. The molecule has 0 saturated heterocycles. The zero-order chi connectivity index (χ0) is 13.5. The second-order valence-corrected chi connectivity index (χ2v) is 5.02. The van der Waals surface area contributed by atoms with Crippen molar-refractivity contribution in [3.8, 4) is 0 Å². The van der Waals surface area contributed by atoms with E-state index in [4.69, 9.17) is 34.3 Å². The molecule has 1 atom stereocenters. The van der Waals surface area contributed by atoms with Gasteiger partial charge in [-0.25, -0.2) is 0 Å². The Morgan fingerprint density at radius 3 is 2.83 bits per heavy atom. The van der Waals surface area contributed by atoms with Crippen molar-refractivity contribution in [1.29, 1.82) is 0 Å². The predicted octanol–water partition coefficient (Wildman–Crippen LogP) is 3.20. The van der Waals surface area contributed by atoms with Gasteiger partial charge in [0, 0.05) is 29.4 Å². The number of rotatable bonds is 7. The Morgan fingerprint density at radius 2 is 2.28 bits per heavy atom. The number of nitrogens with one attached hydrogen (secondary N) is 1. The Labute approximate surface area is 119 Å². The number of hydrogen-bond acceptors (Lipinski definition) is 3. The second kappa shape index (κ2) is 7.56. The van der Waals surface area contributed by atoms with E-state index in [0.29, 0.717) is 16.6 Å². The van der Waals surface area contributed by atoms with Gasteiger partial charge >= 0.3 is 0 Å². The lowest BCUT2D eigenvalue weighted by molar-refractivity contribution is 0.182. The predicted molar refractivity (Wildman–Crippen MR) is 81.5 cm³/mol. The third kappa shape index (κ3) is 4.44. The van der Waals surface area contributed by atoms with Gasteiger partial charge in [0.15, 0.2) is 0 Å². The van der Waals surface area contributed by atoms with E-state index >= 15 is 0 Å². The molecule has 0 radical (unpaired) electrons. The number of benzene rings is 1. The Kier molecular flexibility index (Phi) is 6.39. The fourth-order valence-corrected chi connectivity index (χ4v) is 2.17. The van der Waals surface area contributed by atoms with Gasteiger partial charge in [0.05, 0.1) is 6.61 Å². The van der Waals surface area contributed by atoms with Crippen LogP contribution in [0.3, 0.4) is 0 Å². The van der Waals surface area contributed by atoms with Gasteiger partial charge in [-0.3, -0.25) is 0 Å². The molecular formula is C13H19ClN2OS. The zero-order valence-corrected chi connectivity index (χ0v) is 12.3. The minimum atomic E-state index is 0.228. The smallest absolute Gasteiger partial charge is 0.106 e. The summed E-state index contributed by atoms with van der Waals surface area (Å²) >= 11 is 11.0. The van der Waals surface area contributed by atoms with Gasteiger partial charge in [-0.15, -0.1) is 0 Å². The van der Waals surface area contributed by atoms with Crippen molar-refractivity contribution < 1.29 is 4.74 Å². The largest absolute Gasteiger partial charge is 0.389 e. The molecule has 0 aliphatic rings. The van der Waals surface area contributed by atoms with Gasteiger partial charge in [0.25, 0.3) is 0 Å². The first kappa shape index (κ1) is 15.2. The van der Waals surface area contributed by atoms with Crippen LogP contribution in [-0.4, -0.2) is 24.7 Å². The molecule has 1 aromatic rings. The van der Waals surface area contributed by atoms with Crippen LogP contribution < -0.4 is 11.1 Å². The van der Waals surface area contributed by atoms with Crippen LogP contribution in [0.5, 0.6) is 0 Å². The average molecular weight is 287 g/mol. The van der Waals surface area contributed by atoms with Gasteiger partial charge in [0.2, 0.25) is 0 Å². The van der Waals surface area contributed by atoms with Crippen LogP contribution in [0.4, 0.5) is 5.69 Å². The van der Waals surface area contributed by atoms with Crippen molar-refractivity contribution in [1.82, 2.24) is 0 Å². The second-order valence-electron chi connectivity index (χ2n) is 4.14. The van der Waals surface area contributed by atoms with E-state index in [1.54, 1.807) is 13.2 Å². The van der Waals surface area contributed by atoms with E-state index in [9.17, 15) is 0 Å². The Hall–Kier alpha value is -0.840. The van der Waals surface area contributed by atoms with E-state index in [1.807, 2.05) is 12.1 Å². The number of halogens is 1. The first-order valence-electron chi connectivity index (χ1n) is 5.93. The molecule has 0 aromatic heterocycles. The highest BCUT2D eigenvalue weighted by molar-refractivity contribution is 7.80. The molecule has 1 unspecified atom stereocenters. The molecule has 3 N–H and O–H groups in total. The van der Waals surface area contributed by atoms with Crippen molar-refractivity contribution in [2.24, 2.45) is 5.73 Å². The van der Waals surface area contributed by atoms with Crippen LogP contribution in [0.25, 0.3) is 0 Å². The molecule has 5 heteroatoms. The maximum absolute atomic E-state index is 6.00. The van der Waals surface area contributed by atoms with Crippen LogP contribution in [0.15, 0.2) is 18.2 Å². The Bertz CT molecular complexity index is 406. The standard InChI is InChI=1S/C13H19ClN2OS/c1-3-4-10(8-17-2)16-12-7-9(14)5-6-11(12)13(15)18/h5-7,10,16H,3-4,8H2,1-2H3,(H2,15,18). The lowest BCUT2D eigenvalue weighted by Gasteiger charge is -2.20. The van der Waals surface area contributed by atoms with E-state index in [-0.39, 0.29) is 6.04 Å². The first-order valence-corrected chi connectivity index (χ1v) is 6.72. The summed E-state index contributed by atoms with van der Waals surface area (Å²) in [5.41, 5.74) is 7.38. The van der Waals surface area contributed by atoms with Gasteiger partial charge < -0.3 is 15.8 Å². The van der Waals surface area contributed by atoms with Crippen molar-refractivity contribution in [3.63, 3.8) is 0 Å². The lowest BCUT2D eigenvalue weighted by atomic mass is 10.1. The fraction of sp³-hybridized carbons (Fsp3) is 0.462. The zero-order valence-electron chi connectivity index (χ0n) is 10.7. The summed E-state index contributed by atoms with van der Waals surface area (Å²) in [5.74, 6) is 0. The van der Waals surface area contributed by atoms with Crippen LogP contribution in [0.1, 0.15) is 25.3 Å². The fourth-order valence-electron chi connectivity index (χ4n) is 1.82. The van der Waals surface area contributed by atoms with Gasteiger partial charge in [-0.1, -0.05) is 37.2 Å². The molecule has 0 bridgehead atoms. The first-order chi connectivity index (χ1) is 8.58. The summed E-state index contributed by atoms with van der Waals surface area (Å²) in [6, 6.07) is 5.69. The number of thiocarbonyl (C=S) groups is 1. The molecule has 0 saturated carbocycles. The molecule has 1 rings (SSSR count). The quantitative estimate of drug-likeness (QED) is 0.756. The van der Waals surface area contributed by atoms with Crippen LogP contribution >= 0.6 is 23.8 Å². The van der Waals surface area contributed by atoms with E-state index in [0.717, 1.165) is 24.1 Å². The monoisotopic (exact) mass is 286 g/mol. The highest BCUT2D eigenvalue weighted by Crippen LogP contribution is 2.22. The highest BCUT2D eigenvalue weighted by Gasteiger charge is 2.11. The minimum absolute atomic E-state index is 0.228. The van der Waals surface area contributed by atoms with E-state index < -0.39 is 0 Å². The number of ether oxygens (including phenoxy) is 1. The SMILES string of the molecule is CCCC(COC)Nc1cc(Cl)ccc1C(N)=S. The topological polar surface area (TPSA) is 47.3 Å². The molecule has 3 nitrogen and oxygen atoms in total. The van der Waals surface area contributed by atoms with Crippen molar-refractivity contribution in [2.75, 3.05) is 19.0 Å². The summed E-state index contributed by atoms with van der Waals surface area (Å²) < 4.78 is 5.20. The number of nitrogens with two attached hydrogens (primary N) is 1. The molecule has 0 amide bonds. The molecular weight excluding hydrogens is 268 g/mol. The van der Waals surface area contributed by atoms with Crippen LogP contribution in [0.2, 0.25) is 5.02 Å². The summed E-state index contributed by atoms with van der Waals surface area (Å²) in [4.78, 5) is 0.363. The number of hydrogen-bond donors (Lipinski definition) is 2. The molecule has 0 fully saturated rings. The highest BCUT2D eigenvalue weighted by atomic mass is 35.5. The molecule has 0 spiro atoms. The third-order valence-electron chi connectivity index (χ3n) is 2.61. The lowest BCUT2D eigenvalue weighted by Crippen LogP contribution is -2.26. The van der Waals surface area contributed by atoms with Gasteiger partial charge in [-0.05, 0) is 24.6 Å². The van der Waals surface area contributed by atoms with Gasteiger partial charge in [-0.2, -0.15) is 0 Å². The van der Waals surface area contributed by atoms with Crippen molar-refractivity contribution >= 4 is 34.5 Å². The van der Waals surface area contributed by atoms with E-state index in [2.05, 4.69) is 12.2 Å². The molecule has 0 aliphatic carbocycles. The number of anilines is 1. The normalized spacial score (nSPS) is 12.2. The molecule has 0 heterocycles.